The summed E-state index contributed by atoms with van der Waals surface area (Å²) in [5, 5.41) is -0.786. The zero-order chi connectivity index (χ0) is 7.12. The third kappa shape index (κ3) is 2.56. The van der Waals surface area contributed by atoms with Gasteiger partial charge >= 0.3 is 0 Å². The first-order valence-corrected chi connectivity index (χ1v) is 3.29. The number of rotatable bonds is 2. The van der Waals surface area contributed by atoms with Crippen LogP contribution in [0.2, 0.25) is 0 Å². The van der Waals surface area contributed by atoms with Crippen LogP contribution >= 0.6 is 9.24 Å². The van der Waals surface area contributed by atoms with Crippen LogP contribution in [0.5, 0.6) is 0 Å². The van der Waals surface area contributed by atoms with Crippen LogP contribution in [-0.4, -0.2) is 17.7 Å². The van der Waals surface area contributed by atoms with Crippen LogP contribution in [0.25, 0.3) is 0 Å². The molecular formula is C4H12N3OP. The van der Waals surface area contributed by atoms with Gasteiger partial charge < -0.3 is 21.9 Å². The third-order valence-corrected chi connectivity index (χ3v) is 1.32. The average molecular weight is 149 g/mol. The van der Waals surface area contributed by atoms with Gasteiger partial charge in [-0.15, -0.1) is 9.24 Å². The minimum atomic E-state index is -0.786. The van der Waals surface area contributed by atoms with E-state index in [-0.39, 0.29) is 0 Å². The molecule has 1 rings (SSSR count). The van der Waals surface area contributed by atoms with E-state index in [1.165, 1.54) is 0 Å². The Morgan fingerprint density at radius 3 is 2.22 bits per heavy atom. The molecule has 2 unspecified atom stereocenters. The van der Waals surface area contributed by atoms with E-state index in [0.29, 0.717) is 13.0 Å². The number of hydrogen-bond acceptors (Lipinski definition) is 4. The van der Waals surface area contributed by atoms with Gasteiger partial charge in [0.15, 0.2) is 0 Å². The Labute approximate surface area is 56.3 Å². The summed E-state index contributed by atoms with van der Waals surface area (Å²) in [6.07, 6.45) is 0.477. The monoisotopic (exact) mass is 149 g/mol. The second kappa shape index (κ2) is 1.87. The molecule has 0 bridgehead atoms. The highest BCUT2D eigenvalue weighted by Crippen LogP contribution is 2.29. The van der Waals surface area contributed by atoms with Crippen molar-refractivity contribution < 1.29 is 4.74 Å². The molecular weight excluding hydrogens is 137 g/mol. The summed E-state index contributed by atoms with van der Waals surface area (Å²) in [5.74, 6) is 0. The van der Waals surface area contributed by atoms with Crippen molar-refractivity contribution in [3.63, 3.8) is 0 Å². The number of nitrogens with two attached hydrogens (primary N) is 3. The molecule has 1 fully saturated rings. The predicted octanol–water partition coefficient (Wildman–Crippen LogP) is -1.49. The van der Waals surface area contributed by atoms with E-state index < -0.39 is 11.1 Å². The molecule has 0 amide bonds. The molecule has 6 N–H and O–H groups in total. The van der Waals surface area contributed by atoms with Gasteiger partial charge in [0, 0.05) is 6.42 Å². The van der Waals surface area contributed by atoms with Crippen LogP contribution in [0.3, 0.4) is 0 Å². The van der Waals surface area contributed by atoms with Gasteiger partial charge in [0.2, 0.25) is 0 Å². The summed E-state index contributed by atoms with van der Waals surface area (Å²) < 4.78 is 4.88. The Bertz CT molecular complexity index is 114. The van der Waals surface area contributed by atoms with Crippen LogP contribution in [0.4, 0.5) is 0 Å². The summed E-state index contributed by atoms with van der Waals surface area (Å²) in [6.45, 7) is 0.567. The smallest absolute Gasteiger partial charge is 0.143 e. The molecule has 1 aliphatic heterocycles. The Balaban J connectivity index is 2.33. The lowest BCUT2D eigenvalue weighted by Crippen LogP contribution is -2.48. The second-order valence-corrected chi connectivity index (χ2v) is 3.72. The molecule has 0 spiro atoms. The molecule has 0 radical (unpaired) electrons. The van der Waals surface area contributed by atoms with Gasteiger partial charge in [-0.3, -0.25) is 0 Å². The van der Waals surface area contributed by atoms with Crippen molar-refractivity contribution >= 4 is 9.24 Å². The van der Waals surface area contributed by atoms with E-state index in [1.54, 1.807) is 0 Å². The molecule has 0 saturated carbocycles. The van der Waals surface area contributed by atoms with Crippen LogP contribution in [0.1, 0.15) is 6.42 Å². The first kappa shape index (κ1) is 7.38. The van der Waals surface area contributed by atoms with E-state index in [4.69, 9.17) is 21.9 Å². The van der Waals surface area contributed by atoms with Gasteiger partial charge in [0.25, 0.3) is 0 Å². The number of epoxide rings is 1. The minimum absolute atomic E-state index is 0.477. The zero-order valence-corrected chi connectivity index (χ0v) is 6.29. The third-order valence-electron chi connectivity index (χ3n) is 1.12. The maximum absolute atomic E-state index is 5.54. The van der Waals surface area contributed by atoms with Gasteiger partial charge in [0.1, 0.15) is 5.72 Å². The molecule has 0 aromatic heterocycles. The lowest BCUT2D eigenvalue weighted by molar-refractivity contribution is 0.273. The van der Waals surface area contributed by atoms with Crippen LogP contribution in [0, 0.1) is 0 Å². The van der Waals surface area contributed by atoms with Gasteiger partial charge in [0.05, 0.1) is 12.0 Å². The van der Waals surface area contributed by atoms with E-state index >= 15 is 0 Å². The molecule has 4 nitrogen and oxygen atoms in total. The fraction of sp³-hybridized carbons (Fsp3) is 1.00. The molecule has 2 atom stereocenters. The fourth-order valence-electron chi connectivity index (χ4n) is 0.713. The fourth-order valence-corrected chi connectivity index (χ4v) is 1.06. The average Bonchev–Trinajstić information content (AvgIpc) is 2.12. The van der Waals surface area contributed by atoms with Crippen LogP contribution in [-0.2, 0) is 4.74 Å². The summed E-state index contributed by atoms with van der Waals surface area (Å²) >= 11 is 0. The lowest BCUT2D eigenvalue weighted by atomic mass is 10.2. The molecule has 0 aromatic carbocycles. The van der Waals surface area contributed by atoms with Crippen molar-refractivity contribution in [2.24, 2.45) is 17.2 Å². The largest absolute Gasteiger partial charge is 0.354 e. The lowest BCUT2D eigenvalue weighted by Gasteiger charge is -2.19. The van der Waals surface area contributed by atoms with Crippen molar-refractivity contribution in [3.05, 3.63) is 0 Å². The molecule has 5 heteroatoms. The predicted molar refractivity (Wildman–Crippen MR) is 38.3 cm³/mol. The normalized spacial score (nSPS) is 34.7. The zero-order valence-electron chi connectivity index (χ0n) is 5.13. The molecule has 1 aliphatic rings. The Morgan fingerprint density at radius 1 is 1.67 bits per heavy atom. The molecule has 0 aliphatic carbocycles. The minimum Gasteiger partial charge on any atom is -0.354 e. The van der Waals surface area contributed by atoms with Crippen molar-refractivity contribution in [1.82, 2.24) is 0 Å². The van der Waals surface area contributed by atoms with E-state index in [1.807, 2.05) is 0 Å². The first-order valence-electron chi connectivity index (χ1n) is 2.71. The number of hydrogen-bond donors (Lipinski definition) is 3. The summed E-state index contributed by atoms with van der Waals surface area (Å²) in [6, 6.07) is 0. The maximum Gasteiger partial charge on any atom is 0.143 e. The first-order chi connectivity index (χ1) is 3.91. The topological polar surface area (TPSA) is 90.6 Å². The number of ether oxygens (including phenoxy) is 1. The molecule has 0 aromatic rings. The summed E-state index contributed by atoms with van der Waals surface area (Å²) in [4.78, 5) is 0. The Kier molecular flexibility index (Phi) is 1.54. The molecule has 1 heterocycles. The van der Waals surface area contributed by atoms with Crippen molar-refractivity contribution in [2.75, 3.05) is 6.61 Å². The maximum atomic E-state index is 5.54. The van der Waals surface area contributed by atoms with Gasteiger partial charge in [-0.05, 0) is 0 Å². The highest BCUT2D eigenvalue weighted by Gasteiger charge is 2.43. The molecule has 54 valence electrons. The van der Waals surface area contributed by atoms with E-state index in [2.05, 4.69) is 9.24 Å². The van der Waals surface area contributed by atoms with E-state index in [0.717, 1.165) is 0 Å². The van der Waals surface area contributed by atoms with Gasteiger partial charge in [-0.25, -0.2) is 0 Å². The highest BCUT2D eigenvalue weighted by molar-refractivity contribution is 7.18. The highest BCUT2D eigenvalue weighted by atomic mass is 31.0. The SMILES string of the molecule is NC(N)(P)CC1(N)CO1. The quantitative estimate of drug-likeness (QED) is 0.253. The van der Waals surface area contributed by atoms with E-state index in [9.17, 15) is 0 Å². The Hall–Kier alpha value is 0.270. The van der Waals surface area contributed by atoms with Crippen molar-refractivity contribution in [3.8, 4) is 0 Å². The summed E-state index contributed by atoms with van der Waals surface area (Å²) in [7, 11) is 2.31. The van der Waals surface area contributed by atoms with Crippen LogP contribution < -0.4 is 17.2 Å². The van der Waals surface area contributed by atoms with Gasteiger partial charge in [-0.1, -0.05) is 0 Å². The van der Waals surface area contributed by atoms with Crippen LogP contribution in [0.15, 0.2) is 0 Å². The second-order valence-electron chi connectivity index (χ2n) is 2.64. The van der Waals surface area contributed by atoms with Crippen molar-refractivity contribution in [2.45, 2.75) is 17.5 Å². The standard InChI is InChI=1S/C4H12N3OP/c5-3(2-8-3)1-4(6,7)9/h1-2,5-7,9H2. The Morgan fingerprint density at radius 2 is 2.11 bits per heavy atom. The molecule has 1 saturated heterocycles. The molecule has 9 heavy (non-hydrogen) atoms. The summed E-state index contributed by atoms with van der Waals surface area (Å²) in [5.41, 5.74) is 15.9. The van der Waals surface area contributed by atoms with Gasteiger partial charge in [-0.2, -0.15) is 0 Å². The van der Waals surface area contributed by atoms with Crippen molar-refractivity contribution in [1.29, 1.82) is 0 Å².